The first-order valence-electron chi connectivity index (χ1n) is 9.40. The minimum atomic E-state index is 0.526. The minimum absolute atomic E-state index is 0.526. The van der Waals surface area contributed by atoms with Gasteiger partial charge in [-0.3, -0.25) is 4.99 Å². The quantitative estimate of drug-likeness (QED) is 0.645. The van der Waals surface area contributed by atoms with E-state index in [1.807, 2.05) is 19.2 Å². The molecular weight excluding hydrogens is 330 g/mol. The van der Waals surface area contributed by atoms with Crippen molar-refractivity contribution < 1.29 is 14.2 Å². The van der Waals surface area contributed by atoms with Crippen LogP contribution in [-0.2, 0) is 6.54 Å². The molecule has 1 aliphatic heterocycles. The zero-order valence-corrected chi connectivity index (χ0v) is 16.4. The van der Waals surface area contributed by atoms with Crippen LogP contribution in [0.15, 0.2) is 17.1 Å². The van der Waals surface area contributed by atoms with Gasteiger partial charge in [0.15, 0.2) is 17.5 Å². The summed E-state index contributed by atoms with van der Waals surface area (Å²) in [5, 5.41) is 3.50. The van der Waals surface area contributed by atoms with Crippen molar-refractivity contribution in [1.29, 1.82) is 0 Å². The van der Waals surface area contributed by atoms with E-state index in [0.717, 1.165) is 24.6 Å². The number of methoxy groups -OCH3 is 3. The van der Waals surface area contributed by atoms with Crippen molar-refractivity contribution >= 4 is 5.96 Å². The molecule has 0 atom stereocenters. The first-order chi connectivity index (χ1) is 12.7. The molecule has 0 unspecified atom stereocenters. The molecule has 1 saturated carbocycles. The van der Waals surface area contributed by atoms with Crippen molar-refractivity contribution in [2.45, 2.75) is 38.6 Å². The average Bonchev–Trinajstić information content (AvgIpc) is 3.31. The molecule has 6 nitrogen and oxygen atoms in total. The summed E-state index contributed by atoms with van der Waals surface area (Å²) in [5.74, 6) is 2.95. The highest BCUT2D eigenvalue weighted by Crippen LogP contribution is 2.45. The molecule has 26 heavy (non-hydrogen) atoms. The summed E-state index contributed by atoms with van der Waals surface area (Å²) in [6.45, 7) is 2.83. The fraction of sp³-hybridized carbons (Fsp3) is 0.650. The molecule has 3 rings (SSSR count). The molecule has 1 aromatic carbocycles. The van der Waals surface area contributed by atoms with Gasteiger partial charge in [-0.1, -0.05) is 12.8 Å². The molecule has 1 aliphatic carbocycles. The Labute approximate surface area is 156 Å². The number of aliphatic imine (C=N–C) groups is 1. The fourth-order valence-electron chi connectivity index (χ4n) is 4.46. The van der Waals surface area contributed by atoms with E-state index < -0.39 is 0 Å². The van der Waals surface area contributed by atoms with Crippen molar-refractivity contribution in [3.8, 4) is 17.2 Å². The summed E-state index contributed by atoms with van der Waals surface area (Å²) in [5.41, 5.74) is 1.54. The maximum atomic E-state index is 5.58. The summed E-state index contributed by atoms with van der Waals surface area (Å²) in [4.78, 5) is 6.91. The predicted molar refractivity (Wildman–Crippen MR) is 103 cm³/mol. The minimum Gasteiger partial charge on any atom is -0.493 e. The lowest BCUT2D eigenvalue weighted by atomic mass is 9.86. The molecule has 1 saturated heterocycles. The zero-order valence-electron chi connectivity index (χ0n) is 16.4. The van der Waals surface area contributed by atoms with Crippen molar-refractivity contribution in [3.05, 3.63) is 17.7 Å². The van der Waals surface area contributed by atoms with Crippen LogP contribution in [0.25, 0.3) is 0 Å². The Balaban J connectivity index is 1.69. The van der Waals surface area contributed by atoms with Gasteiger partial charge in [-0.05, 0) is 36.8 Å². The standard InChI is InChI=1S/C20H31N3O3/c1-21-19(23-12-11-20(14-23)9-5-6-10-20)22-13-15-7-8-16(24-2)18(26-4)17(15)25-3/h7-8H,5-6,9-14H2,1-4H3,(H,21,22). The fourth-order valence-corrected chi connectivity index (χ4v) is 4.46. The lowest BCUT2D eigenvalue weighted by Crippen LogP contribution is -2.40. The largest absolute Gasteiger partial charge is 0.493 e. The van der Waals surface area contributed by atoms with Crippen molar-refractivity contribution in [1.82, 2.24) is 10.2 Å². The molecule has 1 N–H and O–H groups in total. The van der Waals surface area contributed by atoms with Crippen LogP contribution in [0.3, 0.4) is 0 Å². The SMILES string of the molecule is CN=C(NCc1ccc(OC)c(OC)c1OC)N1CCC2(CCCC2)C1. The lowest BCUT2D eigenvalue weighted by molar-refractivity contribution is 0.309. The Hall–Kier alpha value is -2.11. The van der Waals surface area contributed by atoms with E-state index in [4.69, 9.17) is 14.2 Å². The summed E-state index contributed by atoms with van der Waals surface area (Å²) in [6.07, 6.45) is 6.77. The van der Waals surface area contributed by atoms with Crippen LogP contribution in [-0.4, -0.2) is 52.3 Å². The van der Waals surface area contributed by atoms with Gasteiger partial charge in [0.25, 0.3) is 0 Å². The van der Waals surface area contributed by atoms with Crippen molar-refractivity contribution in [2.24, 2.45) is 10.4 Å². The van der Waals surface area contributed by atoms with E-state index >= 15 is 0 Å². The normalized spacial score (nSPS) is 19.1. The van der Waals surface area contributed by atoms with E-state index in [9.17, 15) is 0 Å². The van der Waals surface area contributed by atoms with E-state index in [2.05, 4.69) is 15.2 Å². The van der Waals surface area contributed by atoms with Gasteiger partial charge in [-0.25, -0.2) is 0 Å². The molecule has 144 valence electrons. The maximum absolute atomic E-state index is 5.58. The maximum Gasteiger partial charge on any atom is 0.203 e. The third-order valence-corrected chi connectivity index (χ3v) is 5.84. The first kappa shape index (κ1) is 18.7. The number of guanidine groups is 1. The molecule has 1 spiro atoms. The van der Waals surface area contributed by atoms with Crippen LogP contribution in [0.1, 0.15) is 37.7 Å². The highest BCUT2D eigenvalue weighted by Gasteiger charge is 2.41. The summed E-state index contributed by atoms with van der Waals surface area (Å²) >= 11 is 0. The topological polar surface area (TPSA) is 55.3 Å². The Morgan fingerprint density at radius 2 is 1.81 bits per heavy atom. The highest BCUT2D eigenvalue weighted by atomic mass is 16.5. The third-order valence-electron chi connectivity index (χ3n) is 5.84. The van der Waals surface area contributed by atoms with Gasteiger partial charge in [0.05, 0.1) is 21.3 Å². The van der Waals surface area contributed by atoms with Gasteiger partial charge < -0.3 is 24.4 Å². The number of ether oxygens (including phenoxy) is 3. The number of nitrogens with zero attached hydrogens (tertiary/aromatic N) is 2. The van der Waals surface area contributed by atoms with E-state index in [1.54, 1.807) is 21.3 Å². The van der Waals surface area contributed by atoms with Crippen LogP contribution < -0.4 is 19.5 Å². The summed E-state index contributed by atoms with van der Waals surface area (Å²) < 4.78 is 16.4. The summed E-state index contributed by atoms with van der Waals surface area (Å²) in [7, 11) is 6.76. The predicted octanol–water partition coefficient (Wildman–Crippen LogP) is 3.05. The van der Waals surface area contributed by atoms with Crippen LogP contribution in [0.5, 0.6) is 17.2 Å². The molecule has 1 aromatic rings. The lowest BCUT2D eigenvalue weighted by Gasteiger charge is -2.26. The van der Waals surface area contributed by atoms with Crippen LogP contribution in [0.4, 0.5) is 0 Å². The molecule has 0 bridgehead atoms. The summed E-state index contributed by atoms with van der Waals surface area (Å²) in [6, 6.07) is 3.91. The van der Waals surface area contributed by atoms with Crippen LogP contribution >= 0.6 is 0 Å². The van der Waals surface area contributed by atoms with E-state index in [1.165, 1.54) is 32.1 Å². The number of benzene rings is 1. The van der Waals surface area contributed by atoms with Gasteiger partial charge in [0, 0.05) is 32.2 Å². The molecule has 0 aromatic heterocycles. The number of nitrogens with one attached hydrogen (secondary N) is 1. The van der Waals surface area contributed by atoms with Gasteiger partial charge in [-0.15, -0.1) is 0 Å². The Morgan fingerprint density at radius 3 is 2.42 bits per heavy atom. The second-order valence-corrected chi connectivity index (χ2v) is 7.27. The first-order valence-corrected chi connectivity index (χ1v) is 9.40. The monoisotopic (exact) mass is 361 g/mol. The smallest absolute Gasteiger partial charge is 0.203 e. The average molecular weight is 361 g/mol. The second-order valence-electron chi connectivity index (χ2n) is 7.27. The van der Waals surface area contributed by atoms with E-state index in [0.29, 0.717) is 29.2 Å². The Kier molecular flexibility index (Phi) is 5.79. The molecule has 0 radical (unpaired) electrons. The Bertz CT molecular complexity index is 654. The third kappa shape index (κ3) is 3.55. The van der Waals surface area contributed by atoms with Crippen molar-refractivity contribution in [2.75, 3.05) is 41.5 Å². The zero-order chi connectivity index (χ0) is 18.6. The second kappa shape index (κ2) is 8.06. The molecule has 2 fully saturated rings. The van der Waals surface area contributed by atoms with Gasteiger partial charge in [0.1, 0.15) is 0 Å². The molecule has 2 aliphatic rings. The number of rotatable bonds is 5. The molecular formula is C20H31N3O3. The van der Waals surface area contributed by atoms with Gasteiger partial charge in [0.2, 0.25) is 5.75 Å². The number of likely N-dealkylation sites (tertiary alicyclic amines) is 1. The van der Waals surface area contributed by atoms with Gasteiger partial charge in [-0.2, -0.15) is 0 Å². The van der Waals surface area contributed by atoms with E-state index in [-0.39, 0.29) is 0 Å². The number of hydrogen-bond donors (Lipinski definition) is 1. The molecule has 6 heteroatoms. The Morgan fingerprint density at radius 1 is 1.08 bits per heavy atom. The molecule has 1 heterocycles. The van der Waals surface area contributed by atoms with Crippen LogP contribution in [0.2, 0.25) is 0 Å². The van der Waals surface area contributed by atoms with Gasteiger partial charge >= 0.3 is 0 Å². The van der Waals surface area contributed by atoms with Crippen molar-refractivity contribution in [3.63, 3.8) is 0 Å². The molecule has 0 amide bonds. The highest BCUT2D eigenvalue weighted by molar-refractivity contribution is 5.80. The number of hydrogen-bond acceptors (Lipinski definition) is 4. The van der Waals surface area contributed by atoms with Crippen LogP contribution in [0, 0.1) is 5.41 Å².